The highest BCUT2D eigenvalue weighted by atomic mass is 16.6. The van der Waals surface area contributed by atoms with E-state index in [1.165, 1.54) is 32.1 Å². The van der Waals surface area contributed by atoms with E-state index in [1.54, 1.807) is 31.1 Å². The van der Waals surface area contributed by atoms with E-state index >= 15 is 0 Å². The third kappa shape index (κ3) is 12.4. The summed E-state index contributed by atoms with van der Waals surface area (Å²) in [5, 5.41) is 25.2. The summed E-state index contributed by atoms with van der Waals surface area (Å²) < 4.78 is 24.0. The average Bonchev–Trinajstić information content (AvgIpc) is 3.93. The van der Waals surface area contributed by atoms with Crippen LogP contribution in [0.2, 0.25) is 0 Å². The lowest BCUT2D eigenvalue weighted by atomic mass is 9.88. The summed E-state index contributed by atoms with van der Waals surface area (Å²) >= 11 is 0. The summed E-state index contributed by atoms with van der Waals surface area (Å²) in [6.07, 6.45) is 14.6. The van der Waals surface area contributed by atoms with Crippen LogP contribution in [0.3, 0.4) is 0 Å². The number of aliphatic hydroxyl groups excluding tert-OH is 1. The molecule has 12 nitrogen and oxygen atoms in total. The second-order valence-electron chi connectivity index (χ2n) is 16.5. The normalized spacial score (nSPS) is 34.5. The zero-order chi connectivity index (χ0) is 38.8. The maximum absolute atomic E-state index is 13.7. The van der Waals surface area contributed by atoms with Crippen LogP contribution in [0.1, 0.15) is 112 Å². The number of nitrogens with zero attached hydrogens (tertiary/aromatic N) is 3. The molecule has 300 valence electrons. The number of amides is 1. The van der Waals surface area contributed by atoms with Gasteiger partial charge in [0.25, 0.3) is 0 Å². The molecule has 3 heterocycles. The molecule has 1 aliphatic carbocycles. The van der Waals surface area contributed by atoms with Gasteiger partial charge in [-0.2, -0.15) is 4.91 Å². The molecule has 2 N–H and O–H groups in total. The highest BCUT2D eigenvalue weighted by Crippen LogP contribution is 2.38. The summed E-state index contributed by atoms with van der Waals surface area (Å²) in [6, 6.07) is 0.284. The van der Waals surface area contributed by atoms with Gasteiger partial charge in [0, 0.05) is 57.6 Å². The molecule has 3 fully saturated rings. The first-order valence-corrected chi connectivity index (χ1v) is 20.1. The monoisotopic (exact) mass is 745 g/mol. The molecule has 3 aliphatic heterocycles. The number of carbonyl (C=O) groups excluding carboxylic acids is 2. The van der Waals surface area contributed by atoms with Crippen LogP contribution in [-0.2, 0) is 23.7 Å². The predicted octanol–water partition coefficient (Wildman–Crippen LogP) is 6.48. The van der Waals surface area contributed by atoms with Crippen LogP contribution in [0.5, 0.6) is 0 Å². The second kappa shape index (κ2) is 19.8. The molecule has 0 aromatic carbocycles. The Labute approximate surface area is 317 Å². The Morgan fingerprint density at radius 1 is 1.15 bits per heavy atom. The molecule has 53 heavy (non-hydrogen) atoms. The number of carbonyl (C=O) groups is 2. The molecule has 0 aromatic rings. The number of cyclic esters (lactones) is 1. The molecule has 1 amide bonds. The summed E-state index contributed by atoms with van der Waals surface area (Å²) in [4.78, 5) is 42.3. The van der Waals surface area contributed by atoms with Crippen molar-refractivity contribution in [2.45, 2.75) is 166 Å². The molecule has 0 radical (unpaired) electrons. The summed E-state index contributed by atoms with van der Waals surface area (Å²) in [7, 11) is 1.58. The number of rotatable bonds is 12. The number of hydrogen-bond acceptors (Lipinski definition) is 11. The Bertz CT molecular complexity index is 1300. The van der Waals surface area contributed by atoms with Gasteiger partial charge in [0.2, 0.25) is 0 Å². The van der Waals surface area contributed by atoms with Gasteiger partial charge < -0.3 is 34.1 Å². The topological polar surface area (TPSA) is 151 Å². The van der Waals surface area contributed by atoms with Crippen molar-refractivity contribution in [1.29, 1.82) is 0 Å². The van der Waals surface area contributed by atoms with Crippen LogP contribution >= 0.6 is 0 Å². The first kappa shape index (κ1) is 43.1. The lowest BCUT2D eigenvalue weighted by Gasteiger charge is -2.37. The number of allylic oxidation sites excluding steroid dienone is 2. The van der Waals surface area contributed by atoms with Gasteiger partial charge in [-0.1, -0.05) is 69.5 Å². The highest BCUT2D eigenvalue weighted by molar-refractivity contribution is 5.70. The molecule has 0 spiro atoms. The van der Waals surface area contributed by atoms with E-state index in [4.69, 9.17) is 18.9 Å². The molecular formula is C41H67N3O9. The standard InChI is InChI=1S/C41H67N3O9/c1-8-33(42-49)30(4)38-34(51-38)27-40(5,48)20-12-14-28(2)37-29(3)17-18-35(41(6,50-7)21-19-32(45)26-36(46)53-37)52-39(47)44-23-13-22-43(24-25-44)31-15-10-9-11-16-31/h12,14,17-18,20,29-35,37-38,45,48H,8-11,13,15-16,19,21-27H2,1-7H3/b18-17+,20-12+,28-14+. The zero-order valence-electron chi connectivity index (χ0n) is 33.3. The summed E-state index contributed by atoms with van der Waals surface area (Å²) in [5.41, 5.74) is -1.39. The first-order valence-electron chi connectivity index (χ1n) is 20.1. The number of methoxy groups -OCH3 is 1. The number of aliphatic hydroxyl groups is 2. The van der Waals surface area contributed by atoms with E-state index in [0.717, 1.165) is 25.1 Å². The van der Waals surface area contributed by atoms with Crippen molar-refractivity contribution in [2.24, 2.45) is 17.0 Å². The van der Waals surface area contributed by atoms with Crippen molar-refractivity contribution in [3.05, 3.63) is 40.9 Å². The molecule has 2 saturated heterocycles. The number of esters is 1. The molecule has 4 aliphatic rings. The number of nitroso groups, excluding NO2 is 1. The molecule has 10 atom stereocenters. The van der Waals surface area contributed by atoms with Crippen molar-refractivity contribution in [3.8, 4) is 0 Å². The van der Waals surface area contributed by atoms with E-state index in [9.17, 15) is 24.7 Å². The Hall–Kier alpha value is -2.64. The molecule has 0 aromatic heterocycles. The largest absolute Gasteiger partial charge is 0.457 e. The molecule has 10 unspecified atom stereocenters. The molecule has 12 heteroatoms. The SMILES string of the molecule is CCC(N=O)C(C)C1OC1CC(C)(O)/C=C/C=C(\C)C1OC(=O)CC(O)CCC(C)(OC)C(OC(=O)N2CCCN(C3CCCCC3)CC2)/C=C/C1C. The number of epoxide rings is 1. The minimum atomic E-state index is -1.17. The third-order valence-electron chi connectivity index (χ3n) is 12.1. The van der Waals surface area contributed by atoms with Gasteiger partial charge in [0.1, 0.15) is 11.7 Å². The Balaban J connectivity index is 1.46. The van der Waals surface area contributed by atoms with Crippen molar-refractivity contribution in [3.63, 3.8) is 0 Å². The summed E-state index contributed by atoms with van der Waals surface area (Å²) in [6.45, 7) is 14.3. The van der Waals surface area contributed by atoms with E-state index in [2.05, 4.69) is 10.1 Å². The van der Waals surface area contributed by atoms with Gasteiger partial charge >= 0.3 is 12.1 Å². The minimum Gasteiger partial charge on any atom is -0.457 e. The molecule has 0 bridgehead atoms. The van der Waals surface area contributed by atoms with Crippen molar-refractivity contribution in [1.82, 2.24) is 9.80 Å². The number of hydrogen-bond donors (Lipinski definition) is 2. The Morgan fingerprint density at radius 3 is 2.57 bits per heavy atom. The lowest BCUT2D eigenvalue weighted by Crippen LogP contribution is -2.47. The fourth-order valence-electron chi connectivity index (χ4n) is 8.29. The second-order valence-corrected chi connectivity index (χ2v) is 16.5. The summed E-state index contributed by atoms with van der Waals surface area (Å²) in [5.74, 6) is -0.867. The van der Waals surface area contributed by atoms with Gasteiger partial charge in [-0.05, 0) is 70.9 Å². The van der Waals surface area contributed by atoms with E-state index in [0.29, 0.717) is 38.4 Å². The van der Waals surface area contributed by atoms with E-state index in [1.807, 2.05) is 52.8 Å². The maximum atomic E-state index is 13.7. The quantitative estimate of drug-likeness (QED) is 0.0747. The molecule has 1 saturated carbocycles. The van der Waals surface area contributed by atoms with Crippen LogP contribution in [0.25, 0.3) is 0 Å². The van der Waals surface area contributed by atoms with Gasteiger partial charge in [-0.25, -0.2) is 4.79 Å². The maximum Gasteiger partial charge on any atom is 0.410 e. The van der Waals surface area contributed by atoms with Crippen LogP contribution in [0.4, 0.5) is 4.79 Å². The van der Waals surface area contributed by atoms with Crippen LogP contribution in [-0.4, -0.2) is 119 Å². The van der Waals surface area contributed by atoms with Crippen LogP contribution < -0.4 is 0 Å². The predicted molar refractivity (Wildman–Crippen MR) is 204 cm³/mol. The van der Waals surface area contributed by atoms with Crippen LogP contribution in [0, 0.1) is 16.7 Å². The van der Waals surface area contributed by atoms with Crippen LogP contribution in [0.15, 0.2) is 41.1 Å². The average molecular weight is 746 g/mol. The van der Waals surface area contributed by atoms with Crippen molar-refractivity contribution < 1.29 is 38.7 Å². The van der Waals surface area contributed by atoms with Gasteiger partial charge in [-0.3, -0.25) is 9.69 Å². The van der Waals surface area contributed by atoms with E-state index < -0.39 is 35.5 Å². The van der Waals surface area contributed by atoms with E-state index in [-0.39, 0.29) is 49.0 Å². The molecular weight excluding hydrogens is 678 g/mol. The smallest absolute Gasteiger partial charge is 0.410 e. The highest BCUT2D eigenvalue weighted by Gasteiger charge is 2.48. The fourth-order valence-corrected chi connectivity index (χ4v) is 8.29. The minimum absolute atomic E-state index is 0.0237. The first-order chi connectivity index (χ1) is 25.2. The van der Waals surface area contributed by atoms with Gasteiger partial charge in [-0.15, -0.1) is 0 Å². The zero-order valence-corrected chi connectivity index (χ0v) is 33.3. The van der Waals surface area contributed by atoms with Crippen molar-refractivity contribution in [2.75, 3.05) is 33.3 Å². The van der Waals surface area contributed by atoms with Gasteiger partial charge in [0.05, 0.1) is 36.4 Å². The fraction of sp³-hybridized carbons (Fsp3) is 0.805. The Kier molecular flexibility index (Phi) is 16.1. The Morgan fingerprint density at radius 2 is 1.89 bits per heavy atom. The molecule has 4 rings (SSSR count). The third-order valence-corrected chi connectivity index (χ3v) is 12.1. The number of ether oxygens (including phenoxy) is 4. The van der Waals surface area contributed by atoms with Gasteiger partial charge in [0.15, 0.2) is 6.10 Å². The lowest BCUT2D eigenvalue weighted by molar-refractivity contribution is -0.151. The van der Waals surface area contributed by atoms with Crippen molar-refractivity contribution >= 4 is 12.1 Å².